The van der Waals surface area contributed by atoms with Crippen molar-refractivity contribution in [2.24, 2.45) is 0 Å². The Balaban J connectivity index is 2.09. The molecule has 0 saturated heterocycles. The fraction of sp³-hybridized carbons (Fsp3) is 0.259. The first-order valence-corrected chi connectivity index (χ1v) is 13.1. The number of hydrogen-bond donors (Lipinski definition) is 1. The van der Waals surface area contributed by atoms with Gasteiger partial charge in [0.15, 0.2) is 0 Å². The number of nitrogens with zero attached hydrogens (tertiary/aromatic N) is 2. The summed E-state index contributed by atoms with van der Waals surface area (Å²) >= 11 is 0. The van der Waals surface area contributed by atoms with Crippen molar-refractivity contribution in [3.8, 4) is 0 Å². The predicted octanol–water partition coefficient (Wildman–Crippen LogP) is 4.37. The van der Waals surface area contributed by atoms with E-state index in [9.17, 15) is 31.2 Å². The topological polar surface area (TPSA) is 86.8 Å². The fourth-order valence-electron chi connectivity index (χ4n) is 3.85. The fourth-order valence-corrected chi connectivity index (χ4v) is 5.28. The van der Waals surface area contributed by atoms with Crippen LogP contribution in [0, 0.1) is 6.92 Å². The van der Waals surface area contributed by atoms with E-state index >= 15 is 0 Å². The molecule has 2 amide bonds. The third-order valence-corrected chi connectivity index (χ3v) is 7.88. The number of aryl methyl sites for hydroxylation is 1. The van der Waals surface area contributed by atoms with Crippen LogP contribution in [0.1, 0.15) is 23.6 Å². The number of carbonyl (C=O) groups excluding carboxylic acids is 2. The molecule has 3 aromatic rings. The number of anilines is 1. The lowest BCUT2D eigenvalue weighted by Gasteiger charge is -2.32. The van der Waals surface area contributed by atoms with Crippen molar-refractivity contribution in [2.45, 2.75) is 37.5 Å². The summed E-state index contributed by atoms with van der Waals surface area (Å²) in [6.07, 6.45) is -4.73. The maximum Gasteiger partial charge on any atom is 0.416 e. The predicted molar refractivity (Wildman–Crippen MR) is 138 cm³/mol. The lowest BCUT2D eigenvalue weighted by molar-refractivity contribution is -0.139. The van der Waals surface area contributed by atoms with E-state index in [1.54, 1.807) is 18.2 Å². The van der Waals surface area contributed by atoms with E-state index in [1.807, 2.05) is 19.1 Å². The smallest absolute Gasteiger partial charge is 0.357 e. The summed E-state index contributed by atoms with van der Waals surface area (Å²) in [5.41, 5.74) is 0.181. The van der Waals surface area contributed by atoms with Crippen LogP contribution in [0.15, 0.2) is 83.8 Å². The minimum atomic E-state index is -4.73. The van der Waals surface area contributed by atoms with Gasteiger partial charge in [0.25, 0.3) is 10.0 Å². The SMILES string of the molecule is CNC(=O)C(C)N(Cc1ccccc1C)C(=O)CN(c1cccc(C(F)(F)F)c1)S(=O)(=O)c1ccccc1. The van der Waals surface area contributed by atoms with Crippen molar-refractivity contribution in [1.29, 1.82) is 0 Å². The molecule has 0 aliphatic heterocycles. The Kier molecular flexibility index (Phi) is 8.82. The largest absolute Gasteiger partial charge is 0.416 e. The maximum absolute atomic E-state index is 13.7. The number of nitrogens with one attached hydrogen (secondary N) is 1. The van der Waals surface area contributed by atoms with Crippen molar-refractivity contribution in [1.82, 2.24) is 10.2 Å². The second kappa shape index (κ2) is 11.7. The van der Waals surface area contributed by atoms with E-state index < -0.39 is 46.2 Å². The lowest BCUT2D eigenvalue weighted by atomic mass is 10.1. The van der Waals surface area contributed by atoms with Crippen molar-refractivity contribution in [2.75, 3.05) is 17.9 Å². The second-order valence-electron chi connectivity index (χ2n) is 8.61. The van der Waals surface area contributed by atoms with E-state index in [2.05, 4.69) is 5.32 Å². The number of carbonyl (C=O) groups is 2. The Morgan fingerprint density at radius 1 is 0.947 bits per heavy atom. The zero-order chi connectivity index (χ0) is 28.1. The highest BCUT2D eigenvalue weighted by Gasteiger charge is 2.35. The number of alkyl halides is 3. The van der Waals surface area contributed by atoms with Gasteiger partial charge in [0.2, 0.25) is 11.8 Å². The Hall–Kier alpha value is -3.86. The van der Waals surface area contributed by atoms with E-state index in [0.29, 0.717) is 10.4 Å². The number of likely N-dealkylation sites (N-methyl/N-ethyl adjacent to an activating group) is 1. The van der Waals surface area contributed by atoms with Gasteiger partial charge < -0.3 is 10.2 Å². The molecule has 0 heterocycles. The Labute approximate surface area is 219 Å². The van der Waals surface area contributed by atoms with Crippen LogP contribution in [0.5, 0.6) is 0 Å². The average molecular weight is 548 g/mol. The molecule has 0 bridgehead atoms. The molecule has 0 fully saturated rings. The van der Waals surface area contributed by atoms with Crippen molar-refractivity contribution in [3.05, 3.63) is 95.6 Å². The van der Waals surface area contributed by atoms with Crippen LogP contribution in [0.4, 0.5) is 18.9 Å². The summed E-state index contributed by atoms with van der Waals surface area (Å²) < 4.78 is 68.3. The number of sulfonamides is 1. The van der Waals surface area contributed by atoms with Crippen LogP contribution in [-0.4, -0.2) is 44.8 Å². The Morgan fingerprint density at radius 3 is 2.18 bits per heavy atom. The van der Waals surface area contributed by atoms with Gasteiger partial charge in [-0.15, -0.1) is 0 Å². The molecule has 202 valence electrons. The molecule has 3 rings (SSSR count). The monoisotopic (exact) mass is 547 g/mol. The molecule has 1 atom stereocenters. The van der Waals surface area contributed by atoms with Gasteiger partial charge in [-0.25, -0.2) is 8.42 Å². The number of halogens is 3. The molecular formula is C27H28F3N3O4S. The Morgan fingerprint density at radius 2 is 1.58 bits per heavy atom. The highest BCUT2D eigenvalue weighted by molar-refractivity contribution is 7.92. The Bertz CT molecular complexity index is 1400. The van der Waals surface area contributed by atoms with Gasteiger partial charge in [0, 0.05) is 13.6 Å². The zero-order valence-electron chi connectivity index (χ0n) is 21.1. The van der Waals surface area contributed by atoms with Gasteiger partial charge in [-0.2, -0.15) is 13.2 Å². The first-order valence-electron chi connectivity index (χ1n) is 11.7. The van der Waals surface area contributed by atoms with Gasteiger partial charge in [0.1, 0.15) is 12.6 Å². The summed E-state index contributed by atoms with van der Waals surface area (Å²) in [6.45, 7) is 2.49. The van der Waals surface area contributed by atoms with Gasteiger partial charge in [-0.3, -0.25) is 13.9 Å². The molecule has 0 aliphatic rings. The van der Waals surface area contributed by atoms with Crippen LogP contribution >= 0.6 is 0 Å². The van der Waals surface area contributed by atoms with Gasteiger partial charge in [-0.05, 0) is 55.3 Å². The van der Waals surface area contributed by atoms with E-state index in [-0.39, 0.29) is 17.1 Å². The second-order valence-corrected chi connectivity index (χ2v) is 10.5. The minimum Gasteiger partial charge on any atom is -0.357 e. The molecule has 7 nitrogen and oxygen atoms in total. The highest BCUT2D eigenvalue weighted by atomic mass is 32.2. The van der Waals surface area contributed by atoms with E-state index in [1.165, 1.54) is 49.2 Å². The molecule has 0 aromatic heterocycles. The molecule has 0 spiro atoms. The van der Waals surface area contributed by atoms with Crippen LogP contribution in [0.25, 0.3) is 0 Å². The molecule has 1 N–H and O–H groups in total. The summed E-state index contributed by atoms with van der Waals surface area (Å²) in [6, 6.07) is 17.1. The number of hydrogen-bond acceptors (Lipinski definition) is 4. The molecule has 0 saturated carbocycles. The van der Waals surface area contributed by atoms with Crippen LogP contribution in [-0.2, 0) is 32.3 Å². The number of rotatable bonds is 9. The first-order chi connectivity index (χ1) is 17.9. The standard InChI is InChI=1S/C27H28F3N3O4S/c1-19-10-7-8-11-21(19)17-32(20(2)26(35)31-3)25(34)18-33(38(36,37)24-14-5-4-6-15-24)23-13-9-12-22(16-23)27(28,29)30/h4-16,20H,17-18H2,1-3H3,(H,31,35). The summed E-state index contributed by atoms with van der Waals surface area (Å²) in [5.74, 6) is -1.25. The quantitative estimate of drug-likeness (QED) is 0.431. The van der Waals surface area contributed by atoms with E-state index in [0.717, 1.165) is 23.3 Å². The zero-order valence-corrected chi connectivity index (χ0v) is 21.9. The third-order valence-electron chi connectivity index (χ3n) is 6.09. The lowest BCUT2D eigenvalue weighted by Crippen LogP contribution is -2.50. The normalized spacial score (nSPS) is 12.5. The van der Waals surface area contributed by atoms with Crippen LogP contribution in [0.2, 0.25) is 0 Å². The first kappa shape index (κ1) is 28.7. The summed E-state index contributed by atoms with van der Waals surface area (Å²) in [4.78, 5) is 27.2. The molecule has 1 unspecified atom stereocenters. The molecule has 3 aromatic carbocycles. The minimum absolute atomic E-state index is 0.0120. The molecule has 0 aliphatic carbocycles. The highest BCUT2D eigenvalue weighted by Crippen LogP contribution is 2.33. The van der Waals surface area contributed by atoms with Crippen molar-refractivity contribution in [3.63, 3.8) is 0 Å². The van der Waals surface area contributed by atoms with Crippen LogP contribution in [0.3, 0.4) is 0 Å². The molecular weight excluding hydrogens is 519 g/mol. The van der Waals surface area contributed by atoms with Gasteiger partial charge in [0.05, 0.1) is 16.1 Å². The van der Waals surface area contributed by atoms with E-state index in [4.69, 9.17) is 0 Å². The molecule has 38 heavy (non-hydrogen) atoms. The maximum atomic E-state index is 13.7. The number of benzene rings is 3. The number of amides is 2. The third kappa shape index (κ3) is 6.52. The summed E-state index contributed by atoms with van der Waals surface area (Å²) in [7, 11) is -3.05. The van der Waals surface area contributed by atoms with Crippen molar-refractivity contribution >= 4 is 27.5 Å². The van der Waals surface area contributed by atoms with Crippen LogP contribution < -0.4 is 9.62 Å². The molecule has 0 radical (unpaired) electrons. The summed E-state index contributed by atoms with van der Waals surface area (Å²) in [5, 5.41) is 2.48. The van der Waals surface area contributed by atoms with Gasteiger partial charge >= 0.3 is 6.18 Å². The van der Waals surface area contributed by atoms with Crippen molar-refractivity contribution < 1.29 is 31.2 Å². The average Bonchev–Trinajstić information content (AvgIpc) is 2.90. The molecule has 11 heteroatoms. The van der Waals surface area contributed by atoms with Gasteiger partial charge in [-0.1, -0.05) is 48.5 Å².